The first kappa shape index (κ1) is 16.9. The molecule has 0 fully saturated rings. The zero-order valence-electron chi connectivity index (χ0n) is 13.0. The molecule has 6 nitrogen and oxygen atoms in total. The lowest BCUT2D eigenvalue weighted by Gasteiger charge is -2.15. The monoisotopic (exact) mass is 293 g/mol. The van der Waals surface area contributed by atoms with Crippen LogP contribution in [-0.2, 0) is 0 Å². The lowest BCUT2D eigenvalue weighted by molar-refractivity contribution is -0.384. The largest absolute Gasteiger partial charge is 0.379 e. The van der Waals surface area contributed by atoms with Crippen LogP contribution < -0.4 is 5.32 Å². The van der Waals surface area contributed by atoms with E-state index in [2.05, 4.69) is 19.2 Å². The van der Waals surface area contributed by atoms with Crippen LogP contribution in [0.15, 0.2) is 18.2 Å². The molecule has 1 N–H and O–H groups in total. The van der Waals surface area contributed by atoms with E-state index in [-0.39, 0.29) is 11.6 Å². The first-order valence-electron chi connectivity index (χ1n) is 7.14. The fourth-order valence-electron chi connectivity index (χ4n) is 2.06. The number of nitrogens with one attached hydrogen (secondary N) is 1. The average Bonchev–Trinajstić information content (AvgIpc) is 2.47. The second kappa shape index (κ2) is 7.61. The van der Waals surface area contributed by atoms with E-state index >= 15 is 0 Å². The Morgan fingerprint density at radius 1 is 1.33 bits per heavy atom. The third-order valence-corrected chi connectivity index (χ3v) is 3.58. The van der Waals surface area contributed by atoms with Crippen molar-refractivity contribution in [2.24, 2.45) is 5.92 Å². The summed E-state index contributed by atoms with van der Waals surface area (Å²) < 4.78 is 0. The predicted molar refractivity (Wildman–Crippen MR) is 83.7 cm³/mol. The molecule has 0 unspecified atom stereocenters. The summed E-state index contributed by atoms with van der Waals surface area (Å²) >= 11 is 0. The van der Waals surface area contributed by atoms with E-state index in [1.165, 1.54) is 11.0 Å². The van der Waals surface area contributed by atoms with Crippen LogP contribution in [0.1, 0.15) is 37.0 Å². The zero-order chi connectivity index (χ0) is 16.0. The third-order valence-electron chi connectivity index (χ3n) is 3.58. The highest BCUT2D eigenvalue weighted by Gasteiger charge is 2.18. The standard InChI is InChI=1S/C15H23N3O3/c1-5-11(6-2)10-16-13-8-7-12(15(19)17(3)4)9-14(13)18(20)21/h7-9,11,16H,5-6,10H2,1-4H3. The molecule has 0 aliphatic carbocycles. The number of nitro benzene ring substituents is 1. The number of rotatable bonds is 7. The van der Waals surface area contributed by atoms with Crippen LogP contribution >= 0.6 is 0 Å². The van der Waals surface area contributed by atoms with E-state index in [4.69, 9.17) is 0 Å². The fraction of sp³-hybridized carbons (Fsp3) is 0.533. The summed E-state index contributed by atoms with van der Waals surface area (Å²) in [7, 11) is 3.24. The molecule has 1 aromatic rings. The van der Waals surface area contributed by atoms with Gasteiger partial charge in [0, 0.05) is 32.3 Å². The molecule has 0 bridgehead atoms. The van der Waals surface area contributed by atoms with Crippen molar-refractivity contribution in [3.63, 3.8) is 0 Å². The molecule has 1 amide bonds. The van der Waals surface area contributed by atoms with Crippen molar-refractivity contribution in [3.05, 3.63) is 33.9 Å². The van der Waals surface area contributed by atoms with Crippen molar-refractivity contribution >= 4 is 17.3 Å². The number of benzene rings is 1. The summed E-state index contributed by atoms with van der Waals surface area (Å²) in [4.78, 5) is 24.0. The quantitative estimate of drug-likeness (QED) is 0.619. The van der Waals surface area contributed by atoms with Crippen LogP contribution in [0.25, 0.3) is 0 Å². The van der Waals surface area contributed by atoms with Gasteiger partial charge in [0.2, 0.25) is 0 Å². The first-order chi connectivity index (χ1) is 9.90. The predicted octanol–water partition coefficient (Wildman–Crippen LogP) is 3.14. The van der Waals surface area contributed by atoms with Crippen LogP contribution in [0.5, 0.6) is 0 Å². The maximum absolute atomic E-state index is 11.9. The highest BCUT2D eigenvalue weighted by molar-refractivity contribution is 5.95. The number of carbonyl (C=O) groups is 1. The number of hydrogen-bond acceptors (Lipinski definition) is 4. The van der Waals surface area contributed by atoms with Crippen LogP contribution in [0.4, 0.5) is 11.4 Å². The molecule has 0 radical (unpaired) electrons. The molecule has 1 rings (SSSR count). The molecule has 21 heavy (non-hydrogen) atoms. The van der Waals surface area contributed by atoms with Crippen LogP contribution in [0, 0.1) is 16.0 Å². The van der Waals surface area contributed by atoms with Gasteiger partial charge in [-0.3, -0.25) is 14.9 Å². The van der Waals surface area contributed by atoms with Gasteiger partial charge in [-0.2, -0.15) is 0 Å². The van der Waals surface area contributed by atoms with E-state index < -0.39 is 4.92 Å². The summed E-state index contributed by atoms with van der Waals surface area (Å²) in [6, 6.07) is 4.55. The molecule has 116 valence electrons. The minimum atomic E-state index is -0.457. The smallest absolute Gasteiger partial charge is 0.293 e. The Bertz CT molecular complexity index is 511. The molecule has 0 aliphatic rings. The Kier molecular flexibility index (Phi) is 6.14. The lowest BCUT2D eigenvalue weighted by Crippen LogP contribution is -2.22. The molecule has 0 atom stereocenters. The van der Waals surface area contributed by atoms with Crippen molar-refractivity contribution in [2.45, 2.75) is 26.7 Å². The number of hydrogen-bond donors (Lipinski definition) is 1. The van der Waals surface area contributed by atoms with Gasteiger partial charge < -0.3 is 10.2 Å². The van der Waals surface area contributed by atoms with Crippen molar-refractivity contribution < 1.29 is 9.72 Å². The summed E-state index contributed by atoms with van der Waals surface area (Å²) in [5, 5.41) is 14.3. The van der Waals surface area contributed by atoms with E-state index in [9.17, 15) is 14.9 Å². The van der Waals surface area contributed by atoms with Gasteiger partial charge in [-0.1, -0.05) is 26.7 Å². The Morgan fingerprint density at radius 2 is 1.95 bits per heavy atom. The molecule has 0 saturated carbocycles. The van der Waals surface area contributed by atoms with Gasteiger partial charge in [-0.25, -0.2) is 0 Å². The van der Waals surface area contributed by atoms with E-state index in [1.54, 1.807) is 26.2 Å². The van der Waals surface area contributed by atoms with Crippen LogP contribution in [0.2, 0.25) is 0 Å². The van der Waals surface area contributed by atoms with Crippen LogP contribution in [-0.4, -0.2) is 36.4 Å². The number of nitrogens with zero attached hydrogens (tertiary/aromatic N) is 2. The normalized spacial score (nSPS) is 10.5. The summed E-state index contributed by atoms with van der Waals surface area (Å²) in [6.07, 6.45) is 2.04. The van der Waals surface area contributed by atoms with E-state index in [1.807, 2.05) is 0 Å². The molecule has 6 heteroatoms. The SMILES string of the molecule is CCC(CC)CNc1ccc(C(=O)N(C)C)cc1[N+](=O)[O-]. The van der Waals surface area contributed by atoms with Gasteiger partial charge in [0.1, 0.15) is 5.69 Å². The van der Waals surface area contributed by atoms with Gasteiger partial charge in [-0.15, -0.1) is 0 Å². The zero-order valence-corrected chi connectivity index (χ0v) is 13.0. The minimum Gasteiger partial charge on any atom is -0.379 e. The third kappa shape index (κ3) is 4.44. The van der Waals surface area contributed by atoms with Crippen LogP contribution in [0.3, 0.4) is 0 Å². The fourth-order valence-corrected chi connectivity index (χ4v) is 2.06. The molecular formula is C15H23N3O3. The number of amides is 1. The Morgan fingerprint density at radius 3 is 2.43 bits per heavy atom. The van der Waals surface area contributed by atoms with E-state index in [0.717, 1.165) is 12.8 Å². The second-order valence-electron chi connectivity index (χ2n) is 5.25. The maximum atomic E-state index is 11.9. The molecule has 0 saturated heterocycles. The second-order valence-corrected chi connectivity index (χ2v) is 5.25. The van der Waals surface area contributed by atoms with Gasteiger partial charge in [-0.05, 0) is 18.1 Å². The van der Waals surface area contributed by atoms with E-state index in [0.29, 0.717) is 23.7 Å². The number of nitro groups is 1. The van der Waals surface area contributed by atoms with Gasteiger partial charge in [0.15, 0.2) is 0 Å². The molecule has 0 aromatic heterocycles. The number of carbonyl (C=O) groups excluding carboxylic acids is 1. The Hall–Kier alpha value is -2.11. The summed E-state index contributed by atoms with van der Waals surface area (Å²) in [5.74, 6) is 0.234. The molecule has 0 heterocycles. The van der Waals surface area contributed by atoms with Crippen molar-refractivity contribution in [3.8, 4) is 0 Å². The Labute approximate surface area is 125 Å². The molecule has 0 aliphatic heterocycles. The molecular weight excluding hydrogens is 270 g/mol. The van der Waals surface area contributed by atoms with Crippen molar-refractivity contribution in [1.82, 2.24) is 4.90 Å². The van der Waals surface area contributed by atoms with Gasteiger partial charge in [0.25, 0.3) is 11.6 Å². The Balaban J connectivity index is 3.00. The van der Waals surface area contributed by atoms with Gasteiger partial charge >= 0.3 is 0 Å². The van der Waals surface area contributed by atoms with Crippen molar-refractivity contribution in [1.29, 1.82) is 0 Å². The molecule has 1 aromatic carbocycles. The summed E-state index contributed by atoms with van der Waals surface area (Å²) in [5.41, 5.74) is 0.718. The number of anilines is 1. The topological polar surface area (TPSA) is 75.5 Å². The van der Waals surface area contributed by atoms with Crippen molar-refractivity contribution in [2.75, 3.05) is 26.0 Å². The molecule has 0 spiro atoms. The average molecular weight is 293 g/mol. The van der Waals surface area contributed by atoms with Gasteiger partial charge in [0.05, 0.1) is 4.92 Å². The maximum Gasteiger partial charge on any atom is 0.293 e. The highest BCUT2D eigenvalue weighted by Crippen LogP contribution is 2.26. The minimum absolute atomic E-state index is 0.0614. The lowest BCUT2D eigenvalue weighted by atomic mass is 10.0. The first-order valence-corrected chi connectivity index (χ1v) is 7.14. The highest BCUT2D eigenvalue weighted by atomic mass is 16.6. The summed E-state index contributed by atoms with van der Waals surface area (Å²) in [6.45, 7) is 4.89.